The number of ether oxygens (including phenoxy) is 2. The first-order valence-electron chi connectivity index (χ1n) is 7.78. The van der Waals surface area contributed by atoms with Crippen molar-refractivity contribution < 1.29 is 14.3 Å². The van der Waals surface area contributed by atoms with E-state index >= 15 is 0 Å². The Labute approximate surface area is 150 Å². The van der Waals surface area contributed by atoms with Gasteiger partial charge >= 0.3 is 5.97 Å². The van der Waals surface area contributed by atoms with Gasteiger partial charge in [-0.15, -0.1) is 0 Å². The van der Waals surface area contributed by atoms with Crippen molar-refractivity contribution in [1.82, 2.24) is 15.0 Å². The van der Waals surface area contributed by atoms with Crippen molar-refractivity contribution in [2.45, 2.75) is 6.61 Å². The van der Waals surface area contributed by atoms with E-state index < -0.39 is 5.97 Å². The molecule has 0 saturated heterocycles. The standard InChI is InChI=1S/C18H17N5O3/c1-25-14-10-6-5-9-13(14)16(24)26-11-15-21-17(19)23-18(22-15)20-12-7-3-2-4-8-12/h2-10H,11H2,1H3,(H3,19,20,21,22,23). The van der Waals surface area contributed by atoms with E-state index in [4.69, 9.17) is 15.2 Å². The van der Waals surface area contributed by atoms with Gasteiger partial charge in [-0.25, -0.2) is 4.79 Å². The van der Waals surface area contributed by atoms with Gasteiger partial charge in [0.2, 0.25) is 11.9 Å². The van der Waals surface area contributed by atoms with Crippen LogP contribution in [0.2, 0.25) is 0 Å². The molecule has 1 heterocycles. The molecule has 2 aromatic carbocycles. The fourth-order valence-electron chi connectivity index (χ4n) is 2.23. The van der Waals surface area contributed by atoms with Crippen molar-refractivity contribution in [2.24, 2.45) is 0 Å². The summed E-state index contributed by atoms with van der Waals surface area (Å²) >= 11 is 0. The number of carbonyl (C=O) groups is 1. The molecule has 26 heavy (non-hydrogen) atoms. The van der Waals surface area contributed by atoms with E-state index in [1.54, 1.807) is 24.3 Å². The van der Waals surface area contributed by atoms with Crippen LogP contribution in [0.5, 0.6) is 5.75 Å². The van der Waals surface area contributed by atoms with Crippen LogP contribution in [0.3, 0.4) is 0 Å². The van der Waals surface area contributed by atoms with Gasteiger partial charge in [0.1, 0.15) is 11.3 Å². The molecular weight excluding hydrogens is 334 g/mol. The highest BCUT2D eigenvalue weighted by molar-refractivity contribution is 5.92. The number of methoxy groups -OCH3 is 1. The topological polar surface area (TPSA) is 112 Å². The summed E-state index contributed by atoms with van der Waals surface area (Å²) in [6.45, 7) is -0.146. The van der Waals surface area contributed by atoms with Crippen LogP contribution in [0.15, 0.2) is 54.6 Å². The molecule has 0 bridgehead atoms. The van der Waals surface area contributed by atoms with Gasteiger partial charge in [-0.1, -0.05) is 30.3 Å². The minimum absolute atomic E-state index is 0.0294. The molecule has 0 aliphatic rings. The molecule has 0 atom stereocenters. The summed E-state index contributed by atoms with van der Waals surface area (Å²) in [7, 11) is 1.49. The van der Waals surface area contributed by atoms with E-state index in [0.29, 0.717) is 11.3 Å². The van der Waals surface area contributed by atoms with Crippen LogP contribution < -0.4 is 15.8 Å². The second-order valence-electron chi connectivity index (χ2n) is 5.20. The highest BCUT2D eigenvalue weighted by Crippen LogP contribution is 2.19. The van der Waals surface area contributed by atoms with Crippen LogP contribution in [0.25, 0.3) is 0 Å². The molecule has 0 spiro atoms. The van der Waals surface area contributed by atoms with Gasteiger partial charge in [-0.05, 0) is 24.3 Å². The average molecular weight is 351 g/mol. The molecule has 8 heteroatoms. The Morgan fingerprint density at radius 3 is 2.54 bits per heavy atom. The van der Waals surface area contributed by atoms with Crippen molar-refractivity contribution in [3.8, 4) is 5.75 Å². The summed E-state index contributed by atoms with van der Waals surface area (Å²) in [5.41, 5.74) is 6.83. The highest BCUT2D eigenvalue weighted by atomic mass is 16.5. The Balaban J connectivity index is 1.71. The van der Waals surface area contributed by atoms with Crippen LogP contribution in [-0.2, 0) is 11.3 Å². The van der Waals surface area contributed by atoms with E-state index in [1.165, 1.54) is 7.11 Å². The maximum absolute atomic E-state index is 12.2. The van der Waals surface area contributed by atoms with Gasteiger partial charge in [-0.2, -0.15) is 15.0 Å². The molecule has 0 aliphatic carbocycles. The van der Waals surface area contributed by atoms with Gasteiger partial charge in [0, 0.05) is 5.69 Å². The zero-order chi connectivity index (χ0) is 18.4. The molecule has 0 fully saturated rings. The molecular formula is C18H17N5O3. The van der Waals surface area contributed by atoms with Gasteiger partial charge in [0.15, 0.2) is 12.4 Å². The lowest BCUT2D eigenvalue weighted by Gasteiger charge is -2.09. The molecule has 8 nitrogen and oxygen atoms in total. The smallest absolute Gasteiger partial charge is 0.342 e. The summed E-state index contributed by atoms with van der Waals surface area (Å²) in [6, 6.07) is 16.2. The van der Waals surface area contributed by atoms with Gasteiger partial charge in [-0.3, -0.25) is 0 Å². The highest BCUT2D eigenvalue weighted by Gasteiger charge is 2.14. The summed E-state index contributed by atoms with van der Waals surface area (Å²) < 4.78 is 10.4. The summed E-state index contributed by atoms with van der Waals surface area (Å²) in [5, 5.41) is 3.02. The van der Waals surface area contributed by atoms with Gasteiger partial charge in [0.05, 0.1) is 7.11 Å². The number of esters is 1. The number of hydrogen-bond acceptors (Lipinski definition) is 8. The number of carbonyl (C=O) groups excluding carboxylic acids is 1. The Morgan fingerprint density at radius 1 is 1.04 bits per heavy atom. The molecule has 1 aromatic heterocycles. The first kappa shape index (κ1) is 17.2. The lowest BCUT2D eigenvalue weighted by atomic mass is 10.2. The average Bonchev–Trinajstić information content (AvgIpc) is 2.66. The third kappa shape index (κ3) is 4.23. The fourth-order valence-corrected chi connectivity index (χ4v) is 2.23. The largest absolute Gasteiger partial charge is 0.496 e. The number of anilines is 3. The van der Waals surface area contributed by atoms with Crippen LogP contribution in [-0.4, -0.2) is 28.0 Å². The predicted octanol–water partition coefficient (Wildman–Crippen LogP) is 2.56. The van der Waals surface area contributed by atoms with Gasteiger partial charge in [0.25, 0.3) is 0 Å². The fraction of sp³-hybridized carbons (Fsp3) is 0.111. The van der Waals surface area contributed by atoms with Crippen molar-refractivity contribution >= 4 is 23.6 Å². The van der Waals surface area contributed by atoms with Crippen LogP contribution in [0.1, 0.15) is 16.2 Å². The Bertz CT molecular complexity index is 902. The van der Waals surface area contributed by atoms with E-state index in [0.717, 1.165) is 5.69 Å². The van der Waals surface area contributed by atoms with E-state index in [1.807, 2.05) is 30.3 Å². The Morgan fingerprint density at radius 2 is 1.77 bits per heavy atom. The van der Waals surface area contributed by atoms with E-state index in [9.17, 15) is 4.79 Å². The van der Waals surface area contributed by atoms with Crippen LogP contribution in [0.4, 0.5) is 17.6 Å². The lowest BCUT2D eigenvalue weighted by molar-refractivity contribution is 0.0458. The predicted molar refractivity (Wildman–Crippen MR) is 96.1 cm³/mol. The molecule has 0 saturated carbocycles. The molecule has 3 rings (SSSR count). The third-order valence-corrected chi connectivity index (χ3v) is 3.39. The third-order valence-electron chi connectivity index (χ3n) is 3.39. The summed E-state index contributed by atoms with van der Waals surface area (Å²) in [6.07, 6.45) is 0. The number of nitrogen functional groups attached to an aromatic ring is 1. The maximum Gasteiger partial charge on any atom is 0.342 e. The van der Waals surface area contributed by atoms with E-state index in [-0.39, 0.29) is 24.3 Å². The quantitative estimate of drug-likeness (QED) is 0.652. The number of hydrogen-bond donors (Lipinski definition) is 2. The molecule has 3 N–H and O–H groups in total. The second kappa shape index (κ2) is 7.93. The van der Waals surface area contributed by atoms with Crippen LogP contribution >= 0.6 is 0 Å². The monoisotopic (exact) mass is 351 g/mol. The number of aromatic nitrogens is 3. The number of benzene rings is 2. The van der Waals surface area contributed by atoms with Crippen LogP contribution in [0, 0.1) is 0 Å². The molecule has 0 unspecified atom stereocenters. The van der Waals surface area contributed by atoms with Crippen molar-refractivity contribution in [2.75, 3.05) is 18.2 Å². The Hall–Kier alpha value is -3.68. The number of nitrogens with one attached hydrogen (secondary N) is 1. The molecule has 0 aliphatic heterocycles. The number of nitrogens with two attached hydrogens (primary N) is 1. The minimum atomic E-state index is -0.543. The van der Waals surface area contributed by atoms with Crippen molar-refractivity contribution in [3.63, 3.8) is 0 Å². The number of nitrogens with zero attached hydrogens (tertiary/aromatic N) is 3. The molecule has 3 aromatic rings. The first-order valence-corrected chi connectivity index (χ1v) is 7.78. The second-order valence-corrected chi connectivity index (χ2v) is 5.20. The zero-order valence-electron chi connectivity index (χ0n) is 14.0. The van der Waals surface area contributed by atoms with E-state index in [2.05, 4.69) is 20.3 Å². The SMILES string of the molecule is COc1ccccc1C(=O)OCc1nc(N)nc(Nc2ccccc2)n1. The summed E-state index contributed by atoms with van der Waals surface area (Å²) in [5.74, 6) is 0.422. The molecule has 0 amide bonds. The lowest BCUT2D eigenvalue weighted by Crippen LogP contribution is -2.11. The van der Waals surface area contributed by atoms with Crippen molar-refractivity contribution in [3.05, 3.63) is 66.0 Å². The number of para-hydroxylation sites is 2. The number of rotatable bonds is 6. The first-order chi connectivity index (χ1) is 12.7. The van der Waals surface area contributed by atoms with Crippen molar-refractivity contribution in [1.29, 1.82) is 0 Å². The molecule has 0 radical (unpaired) electrons. The maximum atomic E-state index is 12.2. The zero-order valence-corrected chi connectivity index (χ0v) is 14.0. The minimum Gasteiger partial charge on any atom is -0.496 e. The molecule has 132 valence electrons. The summed E-state index contributed by atoms with van der Waals surface area (Å²) in [4.78, 5) is 24.5. The normalized spacial score (nSPS) is 10.2. The Kier molecular flexibility index (Phi) is 5.23. The van der Waals surface area contributed by atoms with Gasteiger partial charge < -0.3 is 20.5 Å².